The zero-order valence-electron chi connectivity index (χ0n) is 27.4. The highest BCUT2D eigenvalue weighted by molar-refractivity contribution is 9.10. The summed E-state index contributed by atoms with van der Waals surface area (Å²) in [6.45, 7) is 1.66. The molecule has 2 amide bonds. The molecule has 8 nitrogen and oxygen atoms in total. The first kappa shape index (κ1) is 36.1. The van der Waals surface area contributed by atoms with E-state index in [-0.39, 0.29) is 35.5 Å². The topological polar surface area (TPSA) is 96.0 Å². The van der Waals surface area contributed by atoms with E-state index in [0.717, 1.165) is 42.0 Å². The standard InChI is InChI=1S/C38H41BrFN3O5S/c1-2-48-34-21-19-33(20-22-34)43(49(46,47)35-23-15-30(39)16-24-35)27-37(44)42(26-29-13-17-31(40)18-14-29)36(25-28-9-5-3-6-10-28)38(45)41-32-11-7-4-8-12-32/h3,5-6,9-10,13-24,32,36H,2,4,7-8,11-12,25-27H2,1H3,(H,41,45). The number of halogens is 2. The van der Waals surface area contributed by atoms with Crippen LogP contribution in [0.3, 0.4) is 0 Å². The van der Waals surface area contributed by atoms with E-state index >= 15 is 0 Å². The molecule has 0 heterocycles. The van der Waals surface area contributed by atoms with Gasteiger partial charge < -0.3 is 15.0 Å². The van der Waals surface area contributed by atoms with Gasteiger partial charge in [-0.3, -0.25) is 13.9 Å². The Morgan fingerprint density at radius 3 is 2.16 bits per heavy atom. The zero-order valence-corrected chi connectivity index (χ0v) is 29.8. The number of ether oxygens (including phenoxy) is 1. The molecule has 1 N–H and O–H groups in total. The second-order valence-electron chi connectivity index (χ2n) is 12.1. The molecule has 0 aliphatic heterocycles. The molecule has 1 atom stereocenters. The molecule has 0 bridgehead atoms. The highest BCUT2D eigenvalue weighted by atomic mass is 79.9. The first-order valence-corrected chi connectivity index (χ1v) is 18.8. The number of rotatable bonds is 14. The van der Waals surface area contributed by atoms with Gasteiger partial charge in [0, 0.05) is 23.5 Å². The van der Waals surface area contributed by atoms with Crippen molar-refractivity contribution in [2.75, 3.05) is 17.5 Å². The van der Waals surface area contributed by atoms with Crippen LogP contribution in [-0.2, 0) is 32.6 Å². The number of amides is 2. The van der Waals surface area contributed by atoms with Crippen LogP contribution < -0.4 is 14.4 Å². The van der Waals surface area contributed by atoms with Gasteiger partial charge in [0.25, 0.3) is 10.0 Å². The Kier molecular flexibility index (Phi) is 12.5. The van der Waals surface area contributed by atoms with E-state index < -0.39 is 34.3 Å². The molecule has 4 aromatic rings. The Bertz CT molecular complexity index is 1780. The maximum atomic E-state index is 14.7. The number of carbonyl (C=O) groups excluding carboxylic acids is 2. The average molecular weight is 751 g/mol. The van der Waals surface area contributed by atoms with E-state index in [0.29, 0.717) is 22.4 Å². The van der Waals surface area contributed by atoms with Crippen LogP contribution in [0.25, 0.3) is 0 Å². The molecule has 0 saturated heterocycles. The van der Waals surface area contributed by atoms with E-state index in [2.05, 4.69) is 21.2 Å². The van der Waals surface area contributed by atoms with E-state index in [1.54, 1.807) is 48.5 Å². The second-order valence-corrected chi connectivity index (χ2v) is 14.9. The van der Waals surface area contributed by atoms with Crippen LogP contribution in [0, 0.1) is 5.82 Å². The van der Waals surface area contributed by atoms with Crippen molar-refractivity contribution in [1.82, 2.24) is 10.2 Å². The van der Waals surface area contributed by atoms with Crippen LogP contribution in [0.15, 0.2) is 112 Å². The maximum absolute atomic E-state index is 14.7. The third kappa shape index (κ3) is 9.70. The molecule has 0 radical (unpaired) electrons. The van der Waals surface area contributed by atoms with Crippen molar-refractivity contribution in [3.63, 3.8) is 0 Å². The van der Waals surface area contributed by atoms with E-state index in [4.69, 9.17) is 4.74 Å². The lowest BCUT2D eigenvalue weighted by molar-refractivity contribution is -0.140. The van der Waals surface area contributed by atoms with Gasteiger partial charge in [-0.25, -0.2) is 12.8 Å². The molecule has 0 spiro atoms. The van der Waals surface area contributed by atoms with Gasteiger partial charge in [-0.15, -0.1) is 0 Å². The van der Waals surface area contributed by atoms with Crippen molar-refractivity contribution in [2.24, 2.45) is 0 Å². The molecular weight excluding hydrogens is 709 g/mol. The fourth-order valence-electron chi connectivity index (χ4n) is 6.02. The fraction of sp³-hybridized carbons (Fsp3) is 0.316. The van der Waals surface area contributed by atoms with Gasteiger partial charge in [-0.1, -0.05) is 77.7 Å². The number of hydrogen-bond donors (Lipinski definition) is 1. The summed E-state index contributed by atoms with van der Waals surface area (Å²) in [5.41, 5.74) is 1.70. The lowest BCUT2D eigenvalue weighted by Crippen LogP contribution is -2.55. The fourth-order valence-corrected chi connectivity index (χ4v) is 7.70. The maximum Gasteiger partial charge on any atom is 0.264 e. The Labute approximate surface area is 296 Å². The molecule has 1 aliphatic carbocycles. The van der Waals surface area contributed by atoms with Crippen molar-refractivity contribution < 1.29 is 27.1 Å². The van der Waals surface area contributed by atoms with E-state index in [1.807, 2.05) is 37.3 Å². The van der Waals surface area contributed by atoms with Crippen LogP contribution >= 0.6 is 15.9 Å². The van der Waals surface area contributed by atoms with Crippen molar-refractivity contribution in [3.05, 3.63) is 125 Å². The summed E-state index contributed by atoms with van der Waals surface area (Å²) in [6.07, 6.45) is 5.05. The summed E-state index contributed by atoms with van der Waals surface area (Å²) in [5, 5.41) is 3.19. The Hall–Kier alpha value is -4.22. The number of carbonyl (C=O) groups is 2. The largest absolute Gasteiger partial charge is 0.494 e. The van der Waals surface area contributed by atoms with Gasteiger partial charge in [0.2, 0.25) is 11.8 Å². The smallest absolute Gasteiger partial charge is 0.264 e. The van der Waals surface area contributed by atoms with E-state index in [9.17, 15) is 22.4 Å². The predicted octanol–water partition coefficient (Wildman–Crippen LogP) is 7.27. The highest BCUT2D eigenvalue weighted by Crippen LogP contribution is 2.28. The SMILES string of the molecule is CCOc1ccc(N(CC(=O)N(Cc2ccc(F)cc2)C(Cc2ccccc2)C(=O)NC2CCCCC2)S(=O)(=O)c2ccc(Br)cc2)cc1. The lowest BCUT2D eigenvalue weighted by atomic mass is 9.94. The van der Waals surface area contributed by atoms with Crippen LogP contribution in [0.5, 0.6) is 5.75 Å². The minimum absolute atomic E-state index is 0.00153. The molecule has 5 rings (SSSR count). The molecule has 4 aromatic carbocycles. The third-order valence-corrected chi connectivity index (χ3v) is 10.9. The highest BCUT2D eigenvalue weighted by Gasteiger charge is 2.35. The summed E-state index contributed by atoms with van der Waals surface area (Å²) in [6, 6.07) is 26.8. The van der Waals surface area contributed by atoms with Crippen molar-refractivity contribution in [2.45, 2.75) is 69.0 Å². The molecule has 0 aromatic heterocycles. The number of sulfonamides is 1. The summed E-state index contributed by atoms with van der Waals surface area (Å²) < 4.78 is 49.8. The summed E-state index contributed by atoms with van der Waals surface area (Å²) in [4.78, 5) is 30.3. The summed E-state index contributed by atoms with van der Waals surface area (Å²) in [7, 11) is -4.26. The minimum atomic E-state index is -4.26. The molecule has 11 heteroatoms. The first-order chi connectivity index (χ1) is 23.6. The Morgan fingerprint density at radius 2 is 1.53 bits per heavy atom. The summed E-state index contributed by atoms with van der Waals surface area (Å²) >= 11 is 3.36. The number of hydrogen-bond acceptors (Lipinski definition) is 5. The second kappa shape index (κ2) is 16.9. The quantitative estimate of drug-likeness (QED) is 0.146. The summed E-state index contributed by atoms with van der Waals surface area (Å²) in [5.74, 6) is -0.771. The molecule has 1 unspecified atom stereocenters. The van der Waals surface area contributed by atoms with Gasteiger partial charge in [0.05, 0.1) is 17.2 Å². The minimum Gasteiger partial charge on any atom is -0.494 e. The monoisotopic (exact) mass is 749 g/mol. The molecule has 1 fully saturated rings. The molecule has 49 heavy (non-hydrogen) atoms. The van der Waals surface area contributed by atoms with Gasteiger partial charge in [0.15, 0.2) is 0 Å². The van der Waals surface area contributed by atoms with Gasteiger partial charge in [-0.05, 0) is 91.6 Å². The zero-order chi connectivity index (χ0) is 34.8. The Balaban J connectivity index is 1.56. The van der Waals surface area contributed by atoms with Crippen LogP contribution in [-0.4, -0.2) is 50.4 Å². The normalized spacial score (nSPS) is 14.1. The predicted molar refractivity (Wildman–Crippen MR) is 192 cm³/mol. The van der Waals surface area contributed by atoms with Crippen molar-refractivity contribution >= 4 is 43.5 Å². The molecule has 258 valence electrons. The number of benzene rings is 4. The number of anilines is 1. The number of nitrogens with zero attached hydrogens (tertiary/aromatic N) is 2. The molecular formula is C38H41BrFN3O5S. The number of nitrogens with one attached hydrogen (secondary N) is 1. The lowest BCUT2D eigenvalue weighted by Gasteiger charge is -2.35. The molecule has 1 saturated carbocycles. The van der Waals surface area contributed by atoms with Crippen LogP contribution in [0.2, 0.25) is 0 Å². The van der Waals surface area contributed by atoms with Gasteiger partial charge >= 0.3 is 0 Å². The van der Waals surface area contributed by atoms with Gasteiger partial charge in [0.1, 0.15) is 24.2 Å². The van der Waals surface area contributed by atoms with Gasteiger partial charge in [-0.2, -0.15) is 0 Å². The average Bonchev–Trinajstić information content (AvgIpc) is 3.11. The van der Waals surface area contributed by atoms with Crippen molar-refractivity contribution in [1.29, 1.82) is 0 Å². The van der Waals surface area contributed by atoms with Crippen molar-refractivity contribution in [3.8, 4) is 5.75 Å². The van der Waals surface area contributed by atoms with Crippen LogP contribution in [0.4, 0.5) is 10.1 Å². The van der Waals surface area contributed by atoms with E-state index in [1.165, 1.54) is 29.2 Å². The first-order valence-electron chi connectivity index (χ1n) is 16.5. The molecule has 1 aliphatic rings. The van der Waals surface area contributed by atoms with Crippen LogP contribution in [0.1, 0.15) is 50.2 Å². The third-order valence-electron chi connectivity index (χ3n) is 8.61. The Morgan fingerprint density at radius 1 is 0.878 bits per heavy atom.